The topological polar surface area (TPSA) is 55.8 Å². The van der Waals surface area contributed by atoms with Crippen LogP contribution in [0, 0.1) is 5.92 Å². The quantitative estimate of drug-likeness (QED) is 0.795. The molecule has 1 unspecified atom stereocenters. The number of hydrogen-bond acceptors (Lipinski definition) is 3. The molecule has 2 aromatic rings. The van der Waals surface area contributed by atoms with E-state index in [2.05, 4.69) is 0 Å². The number of carboxylic acids is 1. The van der Waals surface area contributed by atoms with Crippen LogP contribution >= 0.6 is 0 Å². The molecule has 0 aliphatic carbocycles. The lowest BCUT2D eigenvalue weighted by atomic mass is 10.1. The molecule has 0 saturated carbocycles. The van der Waals surface area contributed by atoms with E-state index < -0.39 is 12.1 Å². The van der Waals surface area contributed by atoms with Crippen molar-refractivity contribution < 1.29 is 19.4 Å². The average Bonchev–Trinajstić information content (AvgIpc) is 2.53. The molecule has 0 heterocycles. The van der Waals surface area contributed by atoms with Gasteiger partial charge in [0.15, 0.2) is 6.10 Å². The van der Waals surface area contributed by atoms with Crippen LogP contribution in [0.1, 0.15) is 19.4 Å². The van der Waals surface area contributed by atoms with Crippen LogP contribution in [0.2, 0.25) is 0 Å². The second-order valence-corrected chi connectivity index (χ2v) is 5.82. The molecule has 1 atom stereocenters. The van der Waals surface area contributed by atoms with Crippen molar-refractivity contribution in [3.05, 3.63) is 60.2 Å². The van der Waals surface area contributed by atoms with E-state index in [1.54, 1.807) is 0 Å². The van der Waals surface area contributed by atoms with Crippen molar-refractivity contribution in [1.82, 2.24) is 0 Å². The van der Waals surface area contributed by atoms with E-state index >= 15 is 0 Å². The van der Waals surface area contributed by atoms with Crippen molar-refractivity contribution in [3.8, 4) is 11.5 Å². The van der Waals surface area contributed by atoms with Crippen LogP contribution in [0.5, 0.6) is 11.5 Å². The lowest BCUT2D eigenvalue weighted by Gasteiger charge is -2.15. The van der Waals surface area contributed by atoms with Gasteiger partial charge in [-0.1, -0.05) is 44.2 Å². The normalized spacial score (nSPS) is 12.1. The zero-order valence-corrected chi connectivity index (χ0v) is 13.4. The number of carbonyl (C=O) groups is 1. The Hall–Kier alpha value is -2.33. The molecule has 0 aliphatic heterocycles. The lowest BCUT2D eigenvalue weighted by Crippen LogP contribution is -2.27. The summed E-state index contributed by atoms with van der Waals surface area (Å²) in [5.74, 6) is 0.854. The van der Waals surface area contributed by atoms with Crippen molar-refractivity contribution in [2.24, 2.45) is 5.92 Å². The standard InChI is InChI=1S/C19H22O4/c1-14(2)13-22-18(19(20)21)12-15-8-10-17(11-9-15)23-16-6-4-3-5-7-16/h3-11,14,18H,12-13H2,1-2H3,(H,20,21). The number of ether oxygens (including phenoxy) is 2. The Morgan fingerprint density at radius 1 is 1.00 bits per heavy atom. The Bertz CT molecular complexity index is 605. The van der Waals surface area contributed by atoms with Crippen molar-refractivity contribution in [1.29, 1.82) is 0 Å². The van der Waals surface area contributed by atoms with Gasteiger partial charge in [-0.15, -0.1) is 0 Å². The summed E-state index contributed by atoms with van der Waals surface area (Å²) >= 11 is 0. The van der Waals surface area contributed by atoms with Crippen LogP contribution < -0.4 is 4.74 Å². The Labute approximate surface area is 136 Å². The third kappa shape index (κ3) is 5.75. The molecule has 0 fully saturated rings. The van der Waals surface area contributed by atoms with Crippen LogP contribution in [0.25, 0.3) is 0 Å². The second kappa shape index (κ2) is 8.34. The van der Waals surface area contributed by atoms with Gasteiger partial charge in [-0.05, 0) is 35.7 Å². The Morgan fingerprint density at radius 2 is 1.61 bits per heavy atom. The Kier molecular flexibility index (Phi) is 6.18. The number of aliphatic carboxylic acids is 1. The molecule has 1 N–H and O–H groups in total. The van der Waals surface area contributed by atoms with Crippen LogP contribution in [-0.4, -0.2) is 23.8 Å². The van der Waals surface area contributed by atoms with Gasteiger partial charge in [0.25, 0.3) is 0 Å². The molecule has 2 aromatic carbocycles. The van der Waals surface area contributed by atoms with Gasteiger partial charge in [-0.2, -0.15) is 0 Å². The number of para-hydroxylation sites is 1. The highest BCUT2D eigenvalue weighted by Crippen LogP contribution is 2.21. The van der Waals surface area contributed by atoms with Gasteiger partial charge < -0.3 is 14.6 Å². The van der Waals surface area contributed by atoms with Crippen molar-refractivity contribution in [2.75, 3.05) is 6.61 Å². The number of hydrogen-bond donors (Lipinski definition) is 1. The zero-order chi connectivity index (χ0) is 16.7. The summed E-state index contributed by atoms with van der Waals surface area (Å²) in [6.45, 7) is 4.43. The largest absolute Gasteiger partial charge is 0.479 e. The van der Waals surface area contributed by atoms with E-state index in [1.807, 2.05) is 68.4 Å². The van der Waals surface area contributed by atoms with Gasteiger partial charge >= 0.3 is 5.97 Å². The van der Waals surface area contributed by atoms with Crippen molar-refractivity contribution >= 4 is 5.97 Å². The molecular weight excluding hydrogens is 292 g/mol. The first-order valence-corrected chi connectivity index (χ1v) is 7.71. The third-order valence-corrected chi connectivity index (χ3v) is 3.23. The van der Waals surface area contributed by atoms with Crippen molar-refractivity contribution in [3.63, 3.8) is 0 Å². The van der Waals surface area contributed by atoms with E-state index in [9.17, 15) is 9.90 Å². The molecule has 0 spiro atoms. The number of carboxylic acid groups (broad SMARTS) is 1. The molecule has 0 bridgehead atoms. The Morgan fingerprint density at radius 3 is 2.17 bits per heavy atom. The smallest absolute Gasteiger partial charge is 0.333 e. The average molecular weight is 314 g/mol. The van der Waals surface area contributed by atoms with Gasteiger partial charge in [0.2, 0.25) is 0 Å². The van der Waals surface area contributed by atoms with E-state index in [-0.39, 0.29) is 0 Å². The highest BCUT2D eigenvalue weighted by Gasteiger charge is 2.19. The molecule has 0 aromatic heterocycles. The fourth-order valence-corrected chi connectivity index (χ4v) is 2.06. The van der Waals surface area contributed by atoms with Crippen LogP contribution in [0.4, 0.5) is 0 Å². The second-order valence-electron chi connectivity index (χ2n) is 5.82. The van der Waals surface area contributed by atoms with E-state index in [0.29, 0.717) is 18.9 Å². The summed E-state index contributed by atoms with van der Waals surface area (Å²) in [5.41, 5.74) is 0.904. The van der Waals surface area contributed by atoms with Gasteiger partial charge in [0, 0.05) is 6.42 Å². The van der Waals surface area contributed by atoms with Gasteiger partial charge in [-0.3, -0.25) is 0 Å². The fourth-order valence-electron chi connectivity index (χ4n) is 2.06. The summed E-state index contributed by atoms with van der Waals surface area (Å²) in [5, 5.41) is 9.25. The van der Waals surface area contributed by atoms with Crippen LogP contribution in [0.15, 0.2) is 54.6 Å². The lowest BCUT2D eigenvalue weighted by molar-refractivity contribution is -0.150. The highest BCUT2D eigenvalue weighted by atomic mass is 16.5. The SMILES string of the molecule is CC(C)COC(Cc1ccc(Oc2ccccc2)cc1)C(=O)O. The third-order valence-electron chi connectivity index (χ3n) is 3.23. The highest BCUT2D eigenvalue weighted by molar-refractivity contribution is 5.72. The molecule has 4 heteroatoms. The maximum Gasteiger partial charge on any atom is 0.333 e. The van der Waals surface area contributed by atoms with Gasteiger partial charge in [0.1, 0.15) is 11.5 Å². The molecule has 0 amide bonds. The predicted octanol–water partition coefficient (Wildman–Crippen LogP) is 4.15. The van der Waals surface area contributed by atoms with Crippen molar-refractivity contribution in [2.45, 2.75) is 26.4 Å². The molecular formula is C19H22O4. The van der Waals surface area contributed by atoms with E-state index in [1.165, 1.54) is 0 Å². The zero-order valence-electron chi connectivity index (χ0n) is 13.4. The van der Waals surface area contributed by atoms with Crippen LogP contribution in [0.3, 0.4) is 0 Å². The number of rotatable bonds is 8. The summed E-state index contributed by atoms with van der Waals surface area (Å²) in [6.07, 6.45) is -0.480. The monoisotopic (exact) mass is 314 g/mol. The molecule has 0 radical (unpaired) electrons. The summed E-state index contributed by atoms with van der Waals surface area (Å²) in [7, 11) is 0. The van der Waals surface area contributed by atoms with Gasteiger partial charge in [0.05, 0.1) is 6.61 Å². The first kappa shape index (κ1) is 17.0. The molecule has 4 nitrogen and oxygen atoms in total. The van der Waals surface area contributed by atoms with Gasteiger partial charge in [-0.25, -0.2) is 4.79 Å². The minimum absolute atomic E-state index is 0.304. The Balaban J connectivity index is 1.96. The first-order valence-electron chi connectivity index (χ1n) is 7.71. The molecule has 0 aliphatic rings. The van der Waals surface area contributed by atoms with E-state index in [0.717, 1.165) is 17.1 Å². The van der Waals surface area contributed by atoms with E-state index in [4.69, 9.17) is 9.47 Å². The van der Waals surface area contributed by atoms with Crippen LogP contribution in [-0.2, 0) is 16.0 Å². The fraction of sp³-hybridized carbons (Fsp3) is 0.316. The first-order chi connectivity index (χ1) is 11.0. The molecule has 2 rings (SSSR count). The molecule has 0 saturated heterocycles. The maximum atomic E-state index is 11.3. The minimum atomic E-state index is -0.935. The summed E-state index contributed by atoms with van der Waals surface area (Å²) in [6, 6.07) is 16.9. The minimum Gasteiger partial charge on any atom is -0.479 e. The number of benzene rings is 2. The predicted molar refractivity (Wildman–Crippen MR) is 88.9 cm³/mol. The summed E-state index contributed by atoms with van der Waals surface area (Å²) in [4.78, 5) is 11.3. The molecule has 122 valence electrons. The maximum absolute atomic E-state index is 11.3. The molecule has 23 heavy (non-hydrogen) atoms. The summed E-state index contributed by atoms with van der Waals surface area (Å²) < 4.78 is 11.2.